The van der Waals surface area contributed by atoms with E-state index in [2.05, 4.69) is 15.5 Å². The van der Waals surface area contributed by atoms with Crippen LogP contribution in [0.25, 0.3) is 0 Å². The lowest BCUT2D eigenvalue weighted by atomic mass is 10.2. The summed E-state index contributed by atoms with van der Waals surface area (Å²) in [5.74, 6) is 0.110. The second-order valence-corrected chi connectivity index (χ2v) is 6.95. The molecule has 0 aliphatic rings. The summed E-state index contributed by atoms with van der Waals surface area (Å²) in [6, 6.07) is 7.20. The molecule has 2 amide bonds. The summed E-state index contributed by atoms with van der Waals surface area (Å²) in [5.41, 5.74) is 1.28. The average molecular weight is 375 g/mol. The molecular weight excluding hydrogens is 350 g/mol. The highest BCUT2D eigenvalue weighted by molar-refractivity contribution is 7.99. The lowest BCUT2D eigenvalue weighted by Gasteiger charge is -2.18. The molecule has 0 atom stereocenters. The first-order valence-electron chi connectivity index (χ1n) is 8.67. The molecule has 0 aliphatic carbocycles. The van der Waals surface area contributed by atoms with Crippen LogP contribution in [0.3, 0.4) is 0 Å². The molecule has 1 aromatic carbocycles. The number of hydrogen-bond donors (Lipinski definition) is 1. The Hall–Kier alpha value is -2.35. The van der Waals surface area contributed by atoms with Crippen molar-refractivity contribution in [2.24, 2.45) is 0 Å². The number of rotatable bonds is 8. The summed E-state index contributed by atoms with van der Waals surface area (Å²) < 4.78 is 1.92. The topological polar surface area (TPSA) is 80.1 Å². The highest BCUT2D eigenvalue weighted by Gasteiger charge is 2.13. The summed E-state index contributed by atoms with van der Waals surface area (Å²) in [7, 11) is 0. The number of aromatic nitrogens is 3. The Labute approximate surface area is 158 Å². The van der Waals surface area contributed by atoms with Gasteiger partial charge in [-0.15, -0.1) is 10.2 Å². The number of anilines is 1. The number of carbonyl (C=O) groups excluding carboxylic acids is 2. The fourth-order valence-electron chi connectivity index (χ4n) is 2.41. The molecule has 0 spiro atoms. The Kier molecular flexibility index (Phi) is 7.20. The van der Waals surface area contributed by atoms with E-state index in [0.29, 0.717) is 24.3 Å². The lowest BCUT2D eigenvalue weighted by Crippen LogP contribution is -2.30. The van der Waals surface area contributed by atoms with Crippen LogP contribution in [0.4, 0.5) is 5.69 Å². The largest absolute Gasteiger partial charge is 0.339 e. The molecular formula is C18H25N5O2S. The van der Waals surface area contributed by atoms with Crippen LogP contribution in [-0.2, 0) is 4.79 Å². The minimum Gasteiger partial charge on any atom is -0.339 e. The van der Waals surface area contributed by atoms with Gasteiger partial charge in [-0.3, -0.25) is 9.59 Å². The molecule has 7 nitrogen and oxygen atoms in total. The standard InChI is InChI=1S/C18H25N5O2S/c1-5-22(6-2)17(25)14-7-9-15(10-8-14)20-16(24)11-26-18-21-19-12-23(18)13(3)4/h7-10,12-13H,5-6,11H2,1-4H3,(H,20,24). The van der Waals surface area contributed by atoms with Crippen molar-refractivity contribution in [3.05, 3.63) is 36.2 Å². The Balaban J connectivity index is 1.91. The van der Waals surface area contributed by atoms with Crippen molar-refractivity contribution < 1.29 is 9.59 Å². The molecule has 2 rings (SSSR count). The van der Waals surface area contributed by atoms with Gasteiger partial charge in [-0.25, -0.2) is 0 Å². The Morgan fingerprint density at radius 2 is 1.85 bits per heavy atom. The van der Waals surface area contributed by atoms with Gasteiger partial charge in [0.05, 0.1) is 5.75 Å². The van der Waals surface area contributed by atoms with Crippen molar-refractivity contribution in [3.8, 4) is 0 Å². The van der Waals surface area contributed by atoms with E-state index in [1.54, 1.807) is 35.5 Å². The molecule has 1 aromatic heterocycles. The number of nitrogens with zero attached hydrogens (tertiary/aromatic N) is 4. The molecule has 0 unspecified atom stereocenters. The van der Waals surface area contributed by atoms with Crippen LogP contribution >= 0.6 is 11.8 Å². The van der Waals surface area contributed by atoms with E-state index in [-0.39, 0.29) is 23.6 Å². The quantitative estimate of drug-likeness (QED) is 0.717. The van der Waals surface area contributed by atoms with E-state index in [4.69, 9.17) is 0 Å². The summed E-state index contributed by atoms with van der Waals surface area (Å²) in [6.07, 6.45) is 1.66. The second kappa shape index (κ2) is 9.38. The molecule has 2 aromatic rings. The third-order valence-electron chi connectivity index (χ3n) is 3.90. The smallest absolute Gasteiger partial charge is 0.253 e. The molecule has 1 N–H and O–H groups in total. The Morgan fingerprint density at radius 1 is 1.19 bits per heavy atom. The van der Waals surface area contributed by atoms with Crippen LogP contribution in [0.15, 0.2) is 35.7 Å². The fraction of sp³-hybridized carbons (Fsp3) is 0.444. The minimum atomic E-state index is -0.129. The first kappa shape index (κ1) is 20.0. The molecule has 0 fully saturated rings. The number of hydrogen-bond acceptors (Lipinski definition) is 5. The van der Waals surface area contributed by atoms with Crippen molar-refractivity contribution in [2.75, 3.05) is 24.2 Å². The molecule has 0 radical (unpaired) electrons. The average Bonchev–Trinajstić information content (AvgIpc) is 3.10. The van der Waals surface area contributed by atoms with Gasteiger partial charge in [-0.05, 0) is 52.0 Å². The summed E-state index contributed by atoms with van der Waals surface area (Å²) in [5, 5.41) is 11.5. The molecule has 8 heteroatoms. The number of thioether (sulfide) groups is 1. The zero-order valence-corrected chi connectivity index (χ0v) is 16.4. The third kappa shape index (κ3) is 5.08. The highest BCUT2D eigenvalue weighted by atomic mass is 32.2. The van der Waals surface area contributed by atoms with Gasteiger partial charge in [-0.1, -0.05) is 11.8 Å². The molecule has 1 heterocycles. The van der Waals surface area contributed by atoms with Crippen molar-refractivity contribution in [3.63, 3.8) is 0 Å². The van der Waals surface area contributed by atoms with Crippen LogP contribution in [-0.4, -0.2) is 50.3 Å². The Morgan fingerprint density at radius 3 is 2.42 bits per heavy atom. The van der Waals surface area contributed by atoms with Crippen molar-refractivity contribution in [1.82, 2.24) is 19.7 Å². The van der Waals surface area contributed by atoms with Gasteiger partial charge in [0.1, 0.15) is 6.33 Å². The van der Waals surface area contributed by atoms with Crippen molar-refractivity contribution >= 4 is 29.3 Å². The third-order valence-corrected chi connectivity index (χ3v) is 4.85. The number of nitrogens with one attached hydrogen (secondary N) is 1. The van der Waals surface area contributed by atoms with Crippen molar-refractivity contribution in [1.29, 1.82) is 0 Å². The van der Waals surface area contributed by atoms with Gasteiger partial charge >= 0.3 is 0 Å². The monoisotopic (exact) mass is 375 g/mol. The molecule has 0 saturated heterocycles. The maximum absolute atomic E-state index is 12.3. The maximum Gasteiger partial charge on any atom is 0.253 e. The van der Waals surface area contributed by atoms with Crippen LogP contribution in [0.5, 0.6) is 0 Å². The first-order valence-corrected chi connectivity index (χ1v) is 9.66. The van der Waals surface area contributed by atoms with Gasteiger partial charge in [0.15, 0.2) is 5.16 Å². The second-order valence-electron chi connectivity index (χ2n) is 6.01. The van der Waals surface area contributed by atoms with E-state index in [9.17, 15) is 9.59 Å². The van der Waals surface area contributed by atoms with Gasteiger partial charge in [0.25, 0.3) is 5.91 Å². The van der Waals surface area contributed by atoms with Gasteiger partial charge < -0.3 is 14.8 Å². The van der Waals surface area contributed by atoms with E-state index >= 15 is 0 Å². The lowest BCUT2D eigenvalue weighted by molar-refractivity contribution is -0.113. The van der Waals surface area contributed by atoms with Gasteiger partial charge in [0, 0.05) is 30.4 Å². The molecule has 0 saturated carbocycles. The number of amides is 2. The predicted octanol–water partition coefficient (Wildman–Crippen LogP) is 3.07. The zero-order valence-electron chi connectivity index (χ0n) is 15.6. The Bertz CT molecular complexity index is 738. The minimum absolute atomic E-state index is 0.00328. The molecule has 140 valence electrons. The fourth-order valence-corrected chi connectivity index (χ4v) is 3.25. The van der Waals surface area contributed by atoms with Gasteiger partial charge in [0.2, 0.25) is 5.91 Å². The number of carbonyl (C=O) groups is 2. The molecule has 26 heavy (non-hydrogen) atoms. The van der Waals surface area contributed by atoms with Crippen molar-refractivity contribution in [2.45, 2.75) is 38.9 Å². The van der Waals surface area contributed by atoms with E-state index in [1.807, 2.05) is 32.3 Å². The zero-order chi connectivity index (χ0) is 19.1. The molecule has 0 bridgehead atoms. The van der Waals surface area contributed by atoms with Crippen LogP contribution in [0.1, 0.15) is 44.1 Å². The van der Waals surface area contributed by atoms with Gasteiger partial charge in [-0.2, -0.15) is 0 Å². The summed E-state index contributed by atoms with van der Waals surface area (Å²) in [4.78, 5) is 26.2. The van der Waals surface area contributed by atoms with Crippen LogP contribution in [0, 0.1) is 0 Å². The van der Waals surface area contributed by atoms with E-state index in [1.165, 1.54) is 11.8 Å². The SMILES string of the molecule is CCN(CC)C(=O)c1ccc(NC(=O)CSc2nncn2C(C)C)cc1. The van der Waals surface area contributed by atoms with E-state index < -0.39 is 0 Å². The highest BCUT2D eigenvalue weighted by Crippen LogP contribution is 2.19. The maximum atomic E-state index is 12.3. The molecule has 0 aliphatic heterocycles. The summed E-state index contributed by atoms with van der Waals surface area (Å²) in [6.45, 7) is 9.32. The number of benzene rings is 1. The van der Waals surface area contributed by atoms with Crippen LogP contribution in [0.2, 0.25) is 0 Å². The predicted molar refractivity (Wildman–Crippen MR) is 103 cm³/mol. The van der Waals surface area contributed by atoms with Crippen LogP contribution < -0.4 is 5.32 Å². The van der Waals surface area contributed by atoms with E-state index in [0.717, 1.165) is 5.16 Å². The normalized spacial score (nSPS) is 10.8. The first-order chi connectivity index (χ1) is 12.5. The summed E-state index contributed by atoms with van der Waals surface area (Å²) >= 11 is 1.34.